The smallest absolute Gasteiger partial charge is 0.238 e. The highest BCUT2D eigenvalue weighted by atomic mass is 35.5. The number of aryl methyl sites for hydroxylation is 1. The Labute approximate surface area is 134 Å². The minimum Gasteiger partial charge on any atom is -0.295 e. The summed E-state index contributed by atoms with van der Waals surface area (Å²) in [6.07, 6.45) is 1.00. The highest BCUT2D eigenvalue weighted by molar-refractivity contribution is 8.00. The molecule has 1 aliphatic rings. The zero-order valence-corrected chi connectivity index (χ0v) is 13.3. The summed E-state index contributed by atoms with van der Waals surface area (Å²) in [5, 5.41) is 0.745. The first-order chi connectivity index (χ1) is 10.2. The van der Waals surface area contributed by atoms with E-state index in [4.69, 9.17) is 11.6 Å². The normalized spacial score (nSPS) is 18.3. The number of halogens is 1. The fourth-order valence-corrected chi connectivity index (χ4v) is 3.77. The summed E-state index contributed by atoms with van der Waals surface area (Å²) in [6.45, 7) is 2.13. The quantitative estimate of drug-likeness (QED) is 0.819. The molecule has 0 spiro atoms. The number of carbonyl (C=O) groups excluding carboxylic acids is 1. The minimum absolute atomic E-state index is 0.0299. The van der Waals surface area contributed by atoms with Crippen molar-refractivity contribution in [2.24, 2.45) is 0 Å². The lowest BCUT2D eigenvalue weighted by atomic mass is 10.1. The van der Waals surface area contributed by atoms with Gasteiger partial charge < -0.3 is 0 Å². The van der Waals surface area contributed by atoms with Gasteiger partial charge in [0.15, 0.2) is 0 Å². The summed E-state index contributed by atoms with van der Waals surface area (Å²) in [5.74, 6) is 0.673. The van der Waals surface area contributed by atoms with Crippen molar-refractivity contribution < 1.29 is 4.79 Å². The standard InChI is InChI=1S/C17H16ClNOS/c1-2-12-3-9-15(10-4-12)19-16(20)11-21-17(19)13-5-7-14(18)8-6-13/h3-10,17H,2,11H2,1H3/t17-/m1/s1. The molecule has 1 atom stereocenters. The Morgan fingerprint density at radius 3 is 2.43 bits per heavy atom. The van der Waals surface area contributed by atoms with Crippen LogP contribution in [-0.4, -0.2) is 11.7 Å². The van der Waals surface area contributed by atoms with Crippen LogP contribution in [0.15, 0.2) is 48.5 Å². The van der Waals surface area contributed by atoms with E-state index in [9.17, 15) is 4.79 Å². The number of rotatable bonds is 3. The Morgan fingerprint density at radius 1 is 1.14 bits per heavy atom. The first kappa shape index (κ1) is 14.5. The van der Waals surface area contributed by atoms with Crippen LogP contribution in [0.1, 0.15) is 23.4 Å². The number of carbonyl (C=O) groups is 1. The van der Waals surface area contributed by atoms with Crippen molar-refractivity contribution in [3.05, 3.63) is 64.7 Å². The molecule has 0 bridgehead atoms. The molecule has 108 valence electrons. The largest absolute Gasteiger partial charge is 0.295 e. The van der Waals surface area contributed by atoms with Gasteiger partial charge in [0, 0.05) is 10.7 Å². The summed E-state index contributed by atoms with van der Waals surface area (Å²) in [6, 6.07) is 16.0. The molecule has 0 N–H and O–H groups in total. The van der Waals surface area contributed by atoms with E-state index >= 15 is 0 Å². The van der Waals surface area contributed by atoms with Crippen LogP contribution in [0.4, 0.5) is 5.69 Å². The molecular formula is C17H16ClNOS. The first-order valence-electron chi connectivity index (χ1n) is 6.97. The SMILES string of the molecule is CCc1ccc(N2C(=O)CS[C@@H]2c2ccc(Cl)cc2)cc1. The van der Waals surface area contributed by atoms with Gasteiger partial charge in [0.25, 0.3) is 0 Å². The summed E-state index contributed by atoms with van der Waals surface area (Å²) in [4.78, 5) is 14.1. The second-order valence-electron chi connectivity index (χ2n) is 5.00. The molecule has 4 heteroatoms. The topological polar surface area (TPSA) is 20.3 Å². The van der Waals surface area contributed by atoms with Crippen molar-refractivity contribution in [3.8, 4) is 0 Å². The van der Waals surface area contributed by atoms with Gasteiger partial charge in [0.2, 0.25) is 5.91 Å². The predicted molar refractivity (Wildman–Crippen MR) is 90.0 cm³/mol. The van der Waals surface area contributed by atoms with E-state index in [1.807, 2.05) is 41.3 Å². The molecule has 3 rings (SSSR count). The zero-order chi connectivity index (χ0) is 14.8. The van der Waals surface area contributed by atoms with Gasteiger partial charge in [-0.05, 0) is 41.8 Å². The third-order valence-corrected chi connectivity index (χ3v) is 5.11. The van der Waals surface area contributed by atoms with Crippen molar-refractivity contribution in [1.29, 1.82) is 0 Å². The monoisotopic (exact) mass is 317 g/mol. The number of thioether (sulfide) groups is 1. The maximum absolute atomic E-state index is 12.3. The van der Waals surface area contributed by atoms with Crippen LogP contribution in [0.25, 0.3) is 0 Å². The molecular weight excluding hydrogens is 302 g/mol. The number of benzene rings is 2. The lowest BCUT2D eigenvalue weighted by Crippen LogP contribution is -2.27. The molecule has 0 radical (unpaired) electrons. The Kier molecular flexibility index (Phi) is 4.22. The molecule has 1 fully saturated rings. The van der Waals surface area contributed by atoms with Crippen LogP contribution in [0.2, 0.25) is 5.02 Å². The number of hydrogen-bond acceptors (Lipinski definition) is 2. The molecule has 1 amide bonds. The number of amides is 1. The van der Waals surface area contributed by atoms with Crippen LogP contribution < -0.4 is 4.90 Å². The first-order valence-corrected chi connectivity index (χ1v) is 8.40. The fourth-order valence-electron chi connectivity index (χ4n) is 2.47. The summed E-state index contributed by atoms with van der Waals surface area (Å²) >= 11 is 7.60. The zero-order valence-electron chi connectivity index (χ0n) is 11.8. The molecule has 21 heavy (non-hydrogen) atoms. The van der Waals surface area contributed by atoms with E-state index in [1.165, 1.54) is 5.56 Å². The molecule has 1 aliphatic heterocycles. The van der Waals surface area contributed by atoms with Gasteiger partial charge in [-0.25, -0.2) is 0 Å². The number of anilines is 1. The highest BCUT2D eigenvalue weighted by Gasteiger charge is 2.33. The minimum atomic E-state index is 0.0299. The molecule has 2 aromatic carbocycles. The predicted octanol–water partition coefficient (Wildman–Crippen LogP) is 4.68. The summed E-state index contributed by atoms with van der Waals surface area (Å²) in [7, 11) is 0. The van der Waals surface area contributed by atoms with E-state index in [0.717, 1.165) is 17.7 Å². The van der Waals surface area contributed by atoms with Gasteiger partial charge in [0.1, 0.15) is 5.37 Å². The van der Waals surface area contributed by atoms with Gasteiger partial charge in [-0.15, -0.1) is 11.8 Å². The van der Waals surface area contributed by atoms with Gasteiger partial charge >= 0.3 is 0 Å². The van der Waals surface area contributed by atoms with Crippen molar-refractivity contribution in [2.45, 2.75) is 18.7 Å². The Hall–Kier alpha value is -1.45. The van der Waals surface area contributed by atoms with Crippen LogP contribution in [0, 0.1) is 0 Å². The number of hydrogen-bond donors (Lipinski definition) is 0. The molecule has 0 unspecified atom stereocenters. The maximum Gasteiger partial charge on any atom is 0.238 e. The van der Waals surface area contributed by atoms with E-state index in [-0.39, 0.29) is 11.3 Å². The molecule has 1 saturated heterocycles. The summed E-state index contributed by atoms with van der Waals surface area (Å²) < 4.78 is 0. The number of nitrogens with zero attached hydrogens (tertiary/aromatic N) is 1. The lowest BCUT2D eigenvalue weighted by molar-refractivity contribution is -0.115. The fraction of sp³-hybridized carbons (Fsp3) is 0.235. The second-order valence-corrected chi connectivity index (χ2v) is 6.50. The molecule has 0 saturated carbocycles. The third kappa shape index (κ3) is 2.94. The molecule has 2 aromatic rings. The second kappa shape index (κ2) is 6.12. The molecule has 0 aromatic heterocycles. The van der Waals surface area contributed by atoms with Crippen molar-refractivity contribution in [2.75, 3.05) is 10.7 Å². The Balaban J connectivity index is 1.93. The van der Waals surface area contributed by atoms with Crippen molar-refractivity contribution in [1.82, 2.24) is 0 Å². The van der Waals surface area contributed by atoms with Crippen LogP contribution in [-0.2, 0) is 11.2 Å². The highest BCUT2D eigenvalue weighted by Crippen LogP contribution is 2.41. The van der Waals surface area contributed by atoms with Gasteiger partial charge in [-0.3, -0.25) is 9.69 Å². The summed E-state index contributed by atoms with van der Waals surface area (Å²) in [5.41, 5.74) is 3.35. The van der Waals surface area contributed by atoms with E-state index in [0.29, 0.717) is 10.8 Å². The Morgan fingerprint density at radius 2 is 1.81 bits per heavy atom. The molecule has 2 nitrogen and oxygen atoms in total. The average Bonchev–Trinajstić information content (AvgIpc) is 2.90. The van der Waals surface area contributed by atoms with Gasteiger partial charge in [-0.2, -0.15) is 0 Å². The molecule has 0 aliphatic carbocycles. The van der Waals surface area contributed by atoms with Gasteiger partial charge in [-0.1, -0.05) is 42.8 Å². The molecule has 1 heterocycles. The van der Waals surface area contributed by atoms with E-state index < -0.39 is 0 Å². The Bertz CT molecular complexity index is 639. The van der Waals surface area contributed by atoms with Crippen LogP contribution in [0.5, 0.6) is 0 Å². The van der Waals surface area contributed by atoms with Crippen molar-refractivity contribution >= 4 is 35.0 Å². The van der Waals surface area contributed by atoms with E-state index in [2.05, 4.69) is 19.1 Å². The van der Waals surface area contributed by atoms with Crippen LogP contribution in [0.3, 0.4) is 0 Å². The van der Waals surface area contributed by atoms with Gasteiger partial charge in [0.05, 0.1) is 5.75 Å². The lowest BCUT2D eigenvalue weighted by Gasteiger charge is -2.24. The third-order valence-electron chi connectivity index (χ3n) is 3.65. The van der Waals surface area contributed by atoms with Crippen molar-refractivity contribution in [3.63, 3.8) is 0 Å². The van der Waals surface area contributed by atoms with E-state index in [1.54, 1.807) is 11.8 Å². The average molecular weight is 318 g/mol. The maximum atomic E-state index is 12.3. The van der Waals surface area contributed by atoms with Crippen LogP contribution >= 0.6 is 23.4 Å².